The molecule has 1 unspecified atom stereocenters. The van der Waals surface area contributed by atoms with Gasteiger partial charge in [0.15, 0.2) is 5.96 Å². The second kappa shape index (κ2) is 10.4. The van der Waals surface area contributed by atoms with E-state index in [2.05, 4.69) is 32.7 Å². The molecule has 0 bridgehead atoms. The van der Waals surface area contributed by atoms with E-state index in [4.69, 9.17) is 4.74 Å². The summed E-state index contributed by atoms with van der Waals surface area (Å²) in [5, 5.41) is 17.9. The summed E-state index contributed by atoms with van der Waals surface area (Å²) >= 11 is 1.60. The van der Waals surface area contributed by atoms with Gasteiger partial charge in [0.05, 0.1) is 19.3 Å². The van der Waals surface area contributed by atoms with Gasteiger partial charge in [-0.3, -0.25) is 4.99 Å². The first kappa shape index (κ1) is 21.4. The molecule has 0 aliphatic rings. The molecule has 0 radical (unpaired) electrons. The smallest absolute Gasteiger partial charge is 0.213 e. The summed E-state index contributed by atoms with van der Waals surface area (Å²) in [6.45, 7) is 0.883. The lowest BCUT2D eigenvalue weighted by Gasteiger charge is -2.14. The zero-order valence-corrected chi connectivity index (χ0v) is 18.3. The molecule has 1 atom stereocenters. The summed E-state index contributed by atoms with van der Waals surface area (Å²) in [6, 6.07) is 15.8. The van der Waals surface area contributed by atoms with Crippen LogP contribution in [-0.4, -0.2) is 36.8 Å². The molecular weight excluding hydrogens is 475 g/mol. The molecule has 144 valence electrons. The van der Waals surface area contributed by atoms with Gasteiger partial charge in [0, 0.05) is 29.2 Å². The Morgan fingerprint density at radius 3 is 2.78 bits per heavy atom. The summed E-state index contributed by atoms with van der Waals surface area (Å²) in [5.74, 6) is 1.18. The number of thiophene rings is 1. The number of hydrogen-bond donors (Lipinski definition) is 3. The molecule has 0 aliphatic carbocycles. The van der Waals surface area contributed by atoms with Crippen LogP contribution in [0.5, 0.6) is 5.88 Å². The topological polar surface area (TPSA) is 78.8 Å². The Bertz CT molecular complexity index is 867. The minimum atomic E-state index is -0.596. The number of guanidine groups is 1. The molecule has 0 fully saturated rings. The standard InChI is InChI=1S/C19H22N4O2S.HI/c1-20-19(21-11-14-7-5-9-18(23-14)25-2)22-12-15(24)17-10-13-6-3-4-8-16(13)26-17;/h3-10,15,24H,11-12H2,1-2H3,(H2,20,21,22);1H. The quantitative estimate of drug-likeness (QED) is 0.276. The molecule has 0 saturated carbocycles. The zero-order valence-electron chi connectivity index (χ0n) is 15.2. The maximum Gasteiger partial charge on any atom is 0.213 e. The molecule has 27 heavy (non-hydrogen) atoms. The van der Waals surface area contributed by atoms with Gasteiger partial charge in [0.25, 0.3) is 0 Å². The number of hydrogen-bond acceptors (Lipinski definition) is 5. The van der Waals surface area contributed by atoms with Crippen molar-refractivity contribution in [2.45, 2.75) is 12.6 Å². The van der Waals surface area contributed by atoms with Gasteiger partial charge in [-0.15, -0.1) is 35.3 Å². The summed E-state index contributed by atoms with van der Waals surface area (Å²) in [5.41, 5.74) is 0.845. The molecule has 2 aromatic heterocycles. The number of halogens is 1. The van der Waals surface area contributed by atoms with Gasteiger partial charge in [-0.2, -0.15) is 0 Å². The summed E-state index contributed by atoms with van der Waals surface area (Å²) in [6.07, 6.45) is -0.596. The second-order valence-corrected chi connectivity index (χ2v) is 6.80. The molecule has 1 aromatic carbocycles. The van der Waals surface area contributed by atoms with Gasteiger partial charge >= 0.3 is 0 Å². The van der Waals surface area contributed by atoms with E-state index in [1.807, 2.05) is 30.3 Å². The summed E-state index contributed by atoms with van der Waals surface area (Å²) < 4.78 is 6.30. The molecule has 0 aliphatic heterocycles. The third-order valence-electron chi connectivity index (χ3n) is 3.89. The molecule has 0 spiro atoms. The van der Waals surface area contributed by atoms with E-state index < -0.39 is 6.10 Å². The van der Waals surface area contributed by atoms with E-state index in [9.17, 15) is 5.11 Å². The maximum atomic E-state index is 10.5. The molecule has 8 heteroatoms. The first-order chi connectivity index (χ1) is 12.7. The Morgan fingerprint density at radius 2 is 2.04 bits per heavy atom. The number of fused-ring (bicyclic) bond motifs is 1. The van der Waals surface area contributed by atoms with Gasteiger partial charge in [-0.05, 0) is 23.6 Å². The van der Waals surface area contributed by atoms with Crippen LogP contribution in [0.15, 0.2) is 53.5 Å². The van der Waals surface area contributed by atoms with Crippen molar-refractivity contribution in [3.8, 4) is 5.88 Å². The number of pyridine rings is 1. The largest absolute Gasteiger partial charge is 0.481 e. The fraction of sp³-hybridized carbons (Fsp3) is 0.263. The van der Waals surface area contributed by atoms with Crippen LogP contribution >= 0.6 is 35.3 Å². The Balaban J connectivity index is 0.00000261. The highest BCUT2D eigenvalue weighted by molar-refractivity contribution is 14.0. The van der Waals surface area contributed by atoms with Crippen LogP contribution in [0.2, 0.25) is 0 Å². The van der Waals surface area contributed by atoms with E-state index in [1.165, 1.54) is 4.70 Å². The molecule has 0 amide bonds. The molecule has 0 saturated heterocycles. The zero-order chi connectivity index (χ0) is 18.4. The highest BCUT2D eigenvalue weighted by atomic mass is 127. The van der Waals surface area contributed by atoms with Crippen LogP contribution in [0.3, 0.4) is 0 Å². The van der Waals surface area contributed by atoms with Crippen molar-refractivity contribution in [2.24, 2.45) is 4.99 Å². The average Bonchev–Trinajstić information content (AvgIpc) is 3.12. The Kier molecular flexibility index (Phi) is 8.26. The van der Waals surface area contributed by atoms with Crippen molar-refractivity contribution >= 4 is 51.4 Å². The van der Waals surface area contributed by atoms with Crippen LogP contribution < -0.4 is 15.4 Å². The van der Waals surface area contributed by atoms with Gasteiger partial charge in [0.1, 0.15) is 6.10 Å². The number of rotatable bonds is 6. The number of aliphatic imine (C=N–C) groups is 1. The average molecular weight is 498 g/mol. The van der Waals surface area contributed by atoms with Crippen LogP contribution in [0.4, 0.5) is 0 Å². The van der Waals surface area contributed by atoms with Gasteiger partial charge in [-0.1, -0.05) is 24.3 Å². The highest BCUT2D eigenvalue weighted by Gasteiger charge is 2.12. The van der Waals surface area contributed by atoms with Crippen molar-refractivity contribution in [3.05, 3.63) is 59.1 Å². The van der Waals surface area contributed by atoms with E-state index >= 15 is 0 Å². The highest BCUT2D eigenvalue weighted by Crippen LogP contribution is 2.29. The van der Waals surface area contributed by atoms with Gasteiger partial charge in [0.2, 0.25) is 5.88 Å². The van der Waals surface area contributed by atoms with E-state index in [0.717, 1.165) is 16.0 Å². The number of benzene rings is 1. The summed E-state index contributed by atoms with van der Waals surface area (Å²) in [4.78, 5) is 9.47. The minimum Gasteiger partial charge on any atom is -0.481 e. The fourth-order valence-corrected chi connectivity index (χ4v) is 3.58. The van der Waals surface area contributed by atoms with Crippen molar-refractivity contribution in [1.29, 1.82) is 0 Å². The Labute approximate surface area is 179 Å². The van der Waals surface area contributed by atoms with Crippen molar-refractivity contribution in [2.75, 3.05) is 20.7 Å². The van der Waals surface area contributed by atoms with Crippen LogP contribution in [0.1, 0.15) is 16.7 Å². The number of ether oxygens (including phenoxy) is 1. The van der Waals surface area contributed by atoms with Gasteiger partial charge in [-0.25, -0.2) is 4.98 Å². The third-order valence-corrected chi connectivity index (χ3v) is 5.10. The maximum absolute atomic E-state index is 10.5. The first-order valence-corrected chi connectivity index (χ1v) is 9.12. The number of methoxy groups -OCH3 is 1. The number of aliphatic hydroxyl groups excluding tert-OH is 1. The normalized spacial score (nSPS) is 12.3. The van der Waals surface area contributed by atoms with Gasteiger partial charge < -0.3 is 20.5 Å². The number of nitrogens with zero attached hydrogens (tertiary/aromatic N) is 2. The number of nitrogens with one attached hydrogen (secondary N) is 2. The summed E-state index contributed by atoms with van der Waals surface area (Å²) in [7, 11) is 3.29. The lowest BCUT2D eigenvalue weighted by atomic mass is 10.2. The van der Waals surface area contributed by atoms with Crippen LogP contribution in [-0.2, 0) is 6.54 Å². The Hall–Kier alpha value is -1.91. The SMILES string of the molecule is CN=C(NCc1cccc(OC)n1)NCC(O)c1cc2ccccc2s1.I. The predicted molar refractivity (Wildman–Crippen MR) is 121 cm³/mol. The molecular formula is C19H23IN4O2S. The number of aliphatic hydroxyl groups is 1. The van der Waals surface area contributed by atoms with Crippen LogP contribution in [0.25, 0.3) is 10.1 Å². The monoisotopic (exact) mass is 498 g/mol. The Morgan fingerprint density at radius 1 is 1.22 bits per heavy atom. The molecule has 6 nitrogen and oxygen atoms in total. The second-order valence-electron chi connectivity index (χ2n) is 5.68. The fourth-order valence-electron chi connectivity index (χ4n) is 2.53. The predicted octanol–water partition coefficient (Wildman–Crippen LogP) is 3.32. The van der Waals surface area contributed by atoms with Crippen LogP contribution in [0, 0.1) is 0 Å². The third kappa shape index (κ3) is 5.78. The lowest BCUT2D eigenvalue weighted by Crippen LogP contribution is -2.39. The van der Waals surface area contributed by atoms with Crippen molar-refractivity contribution in [1.82, 2.24) is 15.6 Å². The number of aromatic nitrogens is 1. The molecule has 2 heterocycles. The minimum absolute atomic E-state index is 0. The molecule has 3 rings (SSSR count). The molecule has 3 aromatic rings. The van der Waals surface area contributed by atoms with Crippen molar-refractivity contribution < 1.29 is 9.84 Å². The van der Waals surface area contributed by atoms with E-state index in [1.54, 1.807) is 31.6 Å². The van der Waals surface area contributed by atoms with E-state index in [0.29, 0.717) is 24.9 Å². The van der Waals surface area contributed by atoms with E-state index in [-0.39, 0.29) is 24.0 Å². The first-order valence-electron chi connectivity index (χ1n) is 8.30. The lowest BCUT2D eigenvalue weighted by molar-refractivity contribution is 0.184. The molecule has 3 N–H and O–H groups in total. The van der Waals surface area contributed by atoms with Crippen molar-refractivity contribution in [3.63, 3.8) is 0 Å².